The van der Waals surface area contributed by atoms with Crippen LogP contribution >= 0.6 is 11.3 Å². The molecule has 6 rings (SSSR count). The first-order valence-electron chi connectivity index (χ1n) is 11.1. The molecule has 0 unspecified atom stereocenters. The van der Waals surface area contributed by atoms with Crippen LogP contribution in [0, 0.1) is 17.8 Å². The predicted octanol–water partition coefficient (Wildman–Crippen LogP) is 4.39. The molecule has 0 radical (unpaired) electrons. The molecule has 28 heavy (non-hydrogen) atoms. The van der Waals surface area contributed by atoms with E-state index in [9.17, 15) is 9.59 Å². The van der Waals surface area contributed by atoms with E-state index in [1.807, 2.05) is 0 Å². The van der Waals surface area contributed by atoms with Crippen molar-refractivity contribution in [1.29, 1.82) is 0 Å². The summed E-state index contributed by atoms with van der Waals surface area (Å²) in [5.41, 5.74) is 1.45. The highest BCUT2D eigenvalue weighted by atomic mass is 32.1. The minimum atomic E-state index is -0.250. The molecule has 0 saturated heterocycles. The van der Waals surface area contributed by atoms with Gasteiger partial charge in [-0.3, -0.25) is 9.59 Å². The highest BCUT2D eigenvalue weighted by molar-refractivity contribution is 7.14. The van der Waals surface area contributed by atoms with E-state index in [0.717, 1.165) is 30.6 Å². The number of carbonyl (C=O) groups excluding carboxylic acids is 2. The number of rotatable bonds is 5. The lowest BCUT2D eigenvalue weighted by molar-refractivity contribution is -0.127. The molecule has 2 N–H and O–H groups in total. The van der Waals surface area contributed by atoms with E-state index < -0.39 is 0 Å². The molecule has 0 aromatic carbocycles. The molecular weight excluding hydrogens is 370 g/mol. The Bertz CT molecular complexity index is 717. The highest BCUT2D eigenvalue weighted by Gasteiger charge is 2.52. The van der Waals surface area contributed by atoms with Gasteiger partial charge in [-0.2, -0.15) is 0 Å². The van der Waals surface area contributed by atoms with Crippen molar-refractivity contribution in [2.75, 3.05) is 5.32 Å². The SMILES string of the molecule is O=C(CC(=O)NC1CCCCC1)Nc1nc(C23CC4CC(CC(C4)C2)C3)cs1. The van der Waals surface area contributed by atoms with Crippen LogP contribution in [0.4, 0.5) is 5.13 Å². The van der Waals surface area contributed by atoms with E-state index in [-0.39, 0.29) is 29.7 Å². The van der Waals surface area contributed by atoms with Gasteiger partial charge in [0.05, 0.1) is 5.69 Å². The standard InChI is InChI=1S/C22H31N3O2S/c26-19(23-17-4-2-1-3-5-17)9-20(27)25-21-24-18(13-28-21)22-10-14-6-15(11-22)8-16(7-14)12-22/h13-17H,1-12H2,(H,23,26)(H,24,25,27). The van der Waals surface area contributed by atoms with Crippen LogP contribution in [0.1, 0.15) is 82.7 Å². The van der Waals surface area contributed by atoms with Gasteiger partial charge >= 0.3 is 0 Å². The number of nitrogens with one attached hydrogen (secondary N) is 2. The number of aromatic nitrogens is 1. The maximum Gasteiger partial charge on any atom is 0.235 e. The average Bonchev–Trinajstić information content (AvgIpc) is 3.10. The fourth-order valence-electron chi connectivity index (χ4n) is 6.83. The molecule has 4 bridgehead atoms. The Balaban J connectivity index is 1.17. The zero-order valence-corrected chi connectivity index (χ0v) is 17.4. The number of amides is 2. The molecule has 5 aliphatic carbocycles. The normalized spacial score (nSPS) is 34.4. The van der Waals surface area contributed by atoms with Gasteiger partial charge in [0.2, 0.25) is 11.8 Å². The van der Waals surface area contributed by atoms with E-state index in [2.05, 4.69) is 16.0 Å². The summed E-state index contributed by atoms with van der Waals surface area (Å²) in [5, 5.41) is 8.69. The number of anilines is 1. The van der Waals surface area contributed by atoms with Gasteiger partial charge < -0.3 is 10.6 Å². The summed E-state index contributed by atoms with van der Waals surface area (Å²) in [5.74, 6) is 2.24. The van der Waals surface area contributed by atoms with Gasteiger partial charge in [0.15, 0.2) is 5.13 Å². The molecule has 5 nitrogen and oxygen atoms in total. The maximum absolute atomic E-state index is 12.3. The number of carbonyl (C=O) groups is 2. The molecule has 0 aliphatic heterocycles. The second-order valence-corrected chi connectivity index (χ2v) is 10.7. The first-order valence-corrected chi connectivity index (χ1v) is 12.0. The van der Waals surface area contributed by atoms with Crippen LogP contribution in [0.5, 0.6) is 0 Å². The summed E-state index contributed by atoms with van der Waals surface area (Å²) in [6, 6.07) is 0.247. The molecule has 1 aromatic heterocycles. The van der Waals surface area contributed by atoms with Gasteiger partial charge in [-0.15, -0.1) is 11.3 Å². The highest BCUT2D eigenvalue weighted by Crippen LogP contribution is 2.60. The van der Waals surface area contributed by atoms with Crippen molar-refractivity contribution < 1.29 is 9.59 Å². The molecule has 5 aliphatic rings. The fourth-order valence-corrected chi connectivity index (χ4v) is 7.68. The van der Waals surface area contributed by atoms with Gasteiger partial charge in [-0.25, -0.2) is 4.98 Å². The Morgan fingerprint density at radius 1 is 1.00 bits per heavy atom. The molecule has 1 aromatic rings. The summed E-state index contributed by atoms with van der Waals surface area (Å²) in [4.78, 5) is 29.3. The van der Waals surface area contributed by atoms with Gasteiger partial charge in [-0.05, 0) is 69.1 Å². The molecule has 2 amide bonds. The third kappa shape index (κ3) is 3.72. The lowest BCUT2D eigenvalue weighted by atomic mass is 9.49. The monoisotopic (exact) mass is 401 g/mol. The van der Waals surface area contributed by atoms with Gasteiger partial charge in [0.25, 0.3) is 0 Å². The van der Waals surface area contributed by atoms with Crippen LogP contribution < -0.4 is 10.6 Å². The minimum Gasteiger partial charge on any atom is -0.353 e. The van der Waals surface area contributed by atoms with E-state index in [0.29, 0.717) is 5.13 Å². The smallest absolute Gasteiger partial charge is 0.235 e. The van der Waals surface area contributed by atoms with E-state index in [4.69, 9.17) is 4.98 Å². The summed E-state index contributed by atoms with van der Waals surface area (Å²) in [6.07, 6.45) is 13.6. The third-order valence-corrected chi connectivity index (χ3v) is 8.38. The molecule has 152 valence electrons. The number of hydrogen-bond donors (Lipinski definition) is 2. The van der Waals surface area contributed by atoms with Crippen LogP contribution in [0.25, 0.3) is 0 Å². The Morgan fingerprint density at radius 3 is 2.29 bits per heavy atom. The quantitative estimate of drug-likeness (QED) is 0.719. The van der Waals surface area contributed by atoms with Crippen molar-refractivity contribution in [1.82, 2.24) is 10.3 Å². The Morgan fingerprint density at radius 2 is 1.64 bits per heavy atom. The second kappa shape index (κ2) is 7.43. The first-order chi connectivity index (χ1) is 13.6. The number of nitrogens with zero attached hydrogens (tertiary/aromatic N) is 1. The molecule has 5 saturated carbocycles. The Hall–Kier alpha value is -1.43. The first kappa shape index (κ1) is 18.6. The largest absolute Gasteiger partial charge is 0.353 e. The maximum atomic E-state index is 12.3. The van der Waals surface area contributed by atoms with Crippen LogP contribution in [-0.4, -0.2) is 22.8 Å². The third-order valence-electron chi connectivity index (χ3n) is 7.62. The molecule has 0 spiro atoms. The summed E-state index contributed by atoms with van der Waals surface area (Å²) < 4.78 is 0. The fraction of sp³-hybridized carbons (Fsp3) is 0.773. The van der Waals surface area contributed by atoms with E-state index >= 15 is 0 Å². The van der Waals surface area contributed by atoms with Gasteiger partial charge in [0, 0.05) is 16.8 Å². The van der Waals surface area contributed by atoms with Crippen LogP contribution in [-0.2, 0) is 15.0 Å². The van der Waals surface area contributed by atoms with Crippen molar-refractivity contribution in [2.45, 2.75) is 88.5 Å². The molecule has 0 atom stereocenters. The van der Waals surface area contributed by atoms with Crippen LogP contribution in [0.15, 0.2) is 5.38 Å². The Labute approximate surface area is 171 Å². The van der Waals surface area contributed by atoms with Crippen LogP contribution in [0.3, 0.4) is 0 Å². The van der Waals surface area contributed by atoms with Gasteiger partial charge in [0.1, 0.15) is 6.42 Å². The van der Waals surface area contributed by atoms with Gasteiger partial charge in [-0.1, -0.05) is 19.3 Å². The van der Waals surface area contributed by atoms with E-state index in [1.54, 1.807) is 0 Å². The second-order valence-electron chi connectivity index (χ2n) is 9.86. The lowest BCUT2D eigenvalue weighted by Gasteiger charge is -2.56. The zero-order chi connectivity index (χ0) is 19.1. The topological polar surface area (TPSA) is 71.1 Å². The van der Waals surface area contributed by atoms with Crippen molar-refractivity contribution >= 4 is 28.3 Å². The minimum absolute atomic E-state index is 0.108. The number of thiazole rings is 1. The average molecular weight is 402 g/mol. The van der Waals surface area contributed by atoms with Crippen LogP contribution in [0.2, 0.25) is 0 Å². The molecule has 6 heteroatoms. The molecular formula is C22H31N3O2S. The Kier molecular flexibility index (Phi) is 4.93. The van der Waals surface area contributed by atoms with Crippen molar-refractivity contribution in [3.63, 3.8) is 0 Å². The van der Waals surface area contributed by atoms with Crippen molar-refractivity contribution in [3.8, 4) is 0 Å². The predicted molar refractivity (Wildman–Crippen MR) is 110 cm³/mol. The van der Waals surface area contributed by atoms with Crippen molar-refractivity contribution in [3.05, 3.63) is 11.1 Å². The summed E-state index contributed by atoms with van der Waals surface area (Å²) >= 11 is 1.51. The molecule has 5 fully saturated rings. The van der Waals surface area contributed by atoms with E-state index in [1.165, 1.54) is 74.8 Å². The lowest BCUT2D eigenvalue weighted by Crippen LogP contribution is -2.48. The summed E-state index contributed by atoms with van der Waals surface area (Å²) in [7, 11) is 0. The zero-order valence-electron chi connectivity index (χ0n) is 16.5. The number of hydrogen-bond acceptors (Lipinski definition) is 4. The molecule has 1 heterocycles. The van der Waals surface area contributed by atoms with Crippen molar-refractivity contribution in [2.24, 2.45) is 17.8 Å². The summed E-state index contributed by atoms with van der Waals surface area (Å²) in [6.45, 7) is 0.